The summed E-state index contributed by atoms with van der Waals surface area (Å²) in [4.78, 5) is 0. The Bertz CT molecular complexity index is 583. The second-order valence-electron chi connectivity index (χ2n) is 9.56. The molecule has 26 heavy (non-hydrogen) atoms. The van der Waals surface area contributed by atoms with Crippen LogP contribution in [0.25, 0.3) is 0 Å². The molecule has 0 aromatic heterocycles. The van der Waals surface area contributed by atoms with Crippen LogP contribution in [0.4, 0.5) is 0 Å². The van der Waals surface area contributed by atoms with Gasteiger partial charge in [0.05, 0.1) is 25.2 Å². The number of rotatable bonds is 6. The molecule has 3 unspecified atom stereocenters. The van der Waals surface area contributed by atoms with Gasteiger partial charge in [0.2, 0.25) is 0 Å². The highest BCUT2D eigenvalue weighted by Crippen LogP contribution is 2.46. The molecule has 1 nitrogen and oxygen atoms in total. The minimum absolute atomic E-state index is 0. The summed E-state index contributed by atoms with van der Waals surface area (Å²) in [5, 5.41) is 1.49. The molecular weight excluding hydrogens is 385 g/mol. The number of quaternary nitrogens is 1. The fraction of sp³-hybridized carbons (Fsp3) is 0.727. The molecule has 0 bridgehead atoms. The van der Waals surface area contributed by atoms with E-state index in [4.69, 9.17) is 23.2 Å². The molecule has 0 N–H and O–H groups in total. The largest absolute Gasteiger partial charge is 1.00 e. The Hall–Kier alpha value is 0.0500. The summed E-state index contributed by atoms with van der Waals surface area (Å²) in [6.45, 7) is 10.8. The van der Waals surface area contributed by atoms with Gasteiger partial charge in [-0.2, -0.15) is 0 Å². The standard InChI is InChI=1S/C22H36Cl2N.ClH/c1-16-8-7-13-22(3,4)20(16)12-9-17(2)25(5,6)15-18-10-11-19(23)14-21(18)24;/h10-11,14,16-17,20H,7-9,12-13,15H2,1-6H3;1H/q+1;/p-1. The van der Waals surface area contributed by atoms with Crippen molar-refractivity contribution in [2.75, 3.05) is 14.1 Å². The number of halogens is 3. The van der Waals surface area contributed by atoms with Crippen molar-refractivity contribution in [1.82, 2.24) is 0 Å². The molecule has 0 heterocycles. The van der Waals surface area contributed by atoms with Crippen LogP contribution in [0.5, 0.6) is 0 Å². The average Bonchev–Trinajstić information content (AvgIpc) is 2.48. The molecule has 1 fully saturated rings. The number of hydrogen-bond donors (Lipinski definition) is 0. The molecule has 1 aromatic carbocycles. The van der Waals surface area contributed by atoms with Gasteiger partial charge in [-0.05, 0) is 55.6 Å². The quantitative estimate of drug-likeness (QED) is 0.605. The van der Waals surface area contributed by atoms with Crippen LogP contribution in [0, 0.1) is 17.3 Å². The SMILES string of the molecule is CC1CCCC(C)(C)C1CCC(C)[N+](C)(C)Cc1ccc(Cl)cc1Cl.[Cl-]. The predicted octanol–water partition coefficient (Wildman–Crippen LogP) is 4.20. The third-order valence-corrected chi connectivity index (χ3v) is 7.44. The van der Waals surface area contributed by atoms with Crippen molar-refractivity contribution in [3.05, 3.63) is 33.8 Å². The first-order valence-electron chi connectivity index (χ1n) is 9.79. The minimum Gasteiger partial charge on any atom is -1.00 e. The van der Waals surface area contributed by atoms with Crippen molar-refractivity contribution in [2.45, 2.75) is 72.4 Å². The van der Waals surface area contributed by atoms with Gasteiger partial charge in [-0.15, -0.1) is 0 Å². The van der Waals surface area contributed by atoms with E-state index in [2.05, 4.69) is 47.9 Å². The van der Waals surface area contributed by atoms with Crippen LogP contribution in [0.3, 0.4) is 0 Å². The average molecular weight is 421 g/mol. The summed E-state index contributed by atoms with van der Waals surface area (Å²) in [5.74, 6) is 1.71. The highest BCUT2D eigenvalue weighted by Gasteiger charge is 2.37. The molecular formula is C22H36Cl3N. The molecule has 1 aliphatic carbocycles. The number of benzene rings is 1. The topological polar surface area (TPSA) is 0 Å². The molecule has 0 aliphatic heterocycles. The zero-order valence-corrected chi connectivity index (χ0v) is 19.6. The Morgan fingerprint density at radius 1 is 1.23 bits per heavy atom. The van der Waals surface area contributed by atoms with E-state index in [0.29, 0.717) is 16.5 Å². The maximum atomic E-state index is 6.40. The molecule has 150 valence electrons. The third-order valence-electron chi connectivity index (χ3n) is 6.85. The zero-order chi connectivity index (χ0) is 18.8. The first-order valence-corrected chi connectivity index (χ1v) is 10.5. The second kappa shape index (κ2) is 9.50. The molecule has 0 saturated heterocycles. The van der Waals surface area contributed by atoms with Crippen LogP contribution < -0.4 is 12.4 Å². The lowest BCUT2D eigenvalue weighted by Crippen LogP contribution is -3.00. The van der Waals surface area contributed by atoms with Gasteiger partial charge in [0, 0.05) is 10.6 Å². The van der Waals surface area contributed by atoms with Crippen molar-refractivity contribution in [1.29, 1.82) is 0 Å². The van der Waals surface area contributed by atoms with E-state index in [1.165, 1.54) is 37.7 Å². The van der Waals surface area contributed by atoms with E-state index < -0.39 is 0 Å². The van der Waals surface area contributed by atoms with Crippen LogP contribution in [0.15, 0.2) is 18.2 Å². The summed E-state index contributed by atoms with van der Waals surface area (Å²) in [5.41, 5.74) is 1.68. The first-order chi connectivity index (χ1) is 11.5. The van der Waals surface area contributed by atoms with Gasteiger partial charge in [-0.25, -0.2) is 0 Å². The summed E-state index contributed by atoms with van der Waals surface area (Å²) in [6.07, 6.45) is 6.80. The number of hydrogen-bond acceptors (Lipinski definition) is 0. The van der Waals surface area contributed by atoms with E-state index in [0.717, 1.165) is 27.9 Å². The smallest absolute Gasteiger partial charge is 0.106 e. The highest BCUT2D eigenvalue weighted by atomic mass is 35.5. The van der Waals surface area contributed by atoms with Crippen LogP contribution in [-0.4, -0.2) is 24.6 Å². The van der Waals surface area contributed by atoms with Crippen LogP contribution in [0.2, 0.25) is 10.0 Å². The van der Waals surface area contributed by atoms with Crippen molar-refractivity contribution in [2.24, 2.45) is 17.3 Å². The summed E-state index contributed by atoms with van der Waals surface area (Å²) in [7, 11) is 4.65. The second-order valence-corrected chi connectivity index (χ2v) is 10.4. The van der Waals surface area contributed by atoms with Gasteiger partial charge in [0.1, 0.15) is 6.54 Å². The Morgan fingerprint density at radius 3 is 2.46 bits per heavy atom. The molecule has 4 heteroatoms. The lowest BCUT2D eigenvalue weighted by molar-refractivity contribution is -0.926. The Labute approximate surface area is 177 Å². The first kappa shape index (κ1) is 24.1. The molecule has 0 spiro atoms. The van der Waals surface area contributed by atoms with E-state index >= 15 is 0 Å². The molecule has 1 aromatic rings. The summed E-state index contributed by atoms with van der Waals surface area (Å²) < 4.78 is 0.961. The van der Waals surface area contributed by atoms with Gasteiger partial charge in [-0.1, -0.05) is 62.9 Å². The fourth-order valence-electron chi connectivity index (χ4n) is 4.73. The van der Waals surface area contributed by atoms with E-state index in [1.54, 1.807) is 0 Å². The summed E-state index contributed by atoms with van der Waals surface area (Å²) >= 11 is 12.4. The van der Waals surface area contributed by atoms with Crippen molar-refractivity contribution < 1.29 is 16.9 Å². The predicted molar refractivity (Wildman–Crippen MR) is 111 cm³/mol. The van der Waals surface area contributed by atoms with E-state index in [-0.39, 0.29) is 12.4 Å². The molecule has 0 radical (unpaired) electrons. The zero-order valence-electron chi connectivity index (χ0n) is 17.3. The van der Waals surface area contributed by atoms with Gasteiger partial charge >= 0.3 is 0 Å². The Morgan fingerprint density at radius 2 is 1.88 bits per heavy atom. The van der Waals surface area contributed by atoms with Crippen molar-refractivity contribution in [3.8, 4) is 0 Å². The molecule has 3 atom stereocenters. The molecule has 1 aliphatic rings. The van der Waals surface area contributed by atoms with Crippen LogP contribution in [-0.2, 0) is 6.54 Å². The molecule has 1 saturated carbocycles. The maximum absolute atomic E-state index is 6.40. The highest BCUT2D eigenvalue weighted by molar-refractivity contribution is 6.35. The van der Waals surface area contributed by atoms with E-state index in [9.17, 15) is 0 Å². The van der Waals surface area contributed by atoms with Gasteiger partial charge in [-0.3, -0.25) is 0 Å². The summed E-state index contributed by atoms with van der Waals surface area (Å²) in [6, 6.07) is 6.48. The van der Waals surface area contributed by atoms with Gasteiger partial charge < -0.3 is 16.9 Å². The molecule has 0 amide bonds. The molecule has 2 rings (SSSR count). The lowest BCUT2D eigenvalue weighted by atomic mass is 9.62. The third kappa shape index (κ3) is 6.03. The fourth-order valence-corrected chi connectivity index (χ4v) is 5.19. The maximum Gasteiger partial charge on any atom is 0.106 e. The van der Waals surface area contributed by atoms with Crippen molar-refractivity contribution >= 4 is 23.2 Å². The van der Waals surface area contributed by atoms with Crippen LogP contribution >= 0.6 is 23.2 Å². The van der Waals surface area contributed by atoms with Gasteiger partial charge in [0.15, 0.2) is 0 Å². The lowest BCUT2D eigenvalue weighted by Gasteiger charge is -2.44. The van der Waals surface area contributed by atoms with E-state index in [1.807, 2.05) is 12.1 Å². The van der Waals surface area contributed by atoms with Crippen molar-refractivity contribution in [3.63, 3.8) is 0 Å². The monoisotopic (exact) mass is 419 g/mol. The minimum atomic E-state index is 0. The Kier molecular flexibility index (Phi) is 8.80. The normalized spacial score (nSPS) is 24.0. The van der Waals surface area contributed by atoms with Gasteiger partial charge in [0.25, 0.3) is 0 Å². The van der Waals surface area contributed by atoms with Crippen LogP contribution in [0.1, 0.15) is 65.4 Å². The Balaban J connectivity index is 0.00000338. The number of nitrogens with zero attached hydrogens (tertiary/aromatic N) is 1.